The van der Waals surface area contributed by atoms with Gasteiger partial charge in [-0.25, -0.2) is 36.3 Å². The molecule has 0 radical (unpaired) electrons. The van der Waals surface area contributed by atoms with Crippen LogP contribution >= 0.6 is 0 Å². The summed E-state index contributed by atoms with van der Waals surface area (Å²) in [5, 5.41) is 0. The number of anilines is 2. The highest BCUT2D eigenvalue weighted by Gasteiger charge is 2.18. The van der Waals surface area contributed by atoms with Gasteiger partial charge in [-0.1, -0.05) is 0 Å². The fourth-order valence-electron chi connectivity index (χ4n) is 2.75. The second-order valence-corrected chi connectivity index (χ2v) is 10.1. The third kappa shape index (κ3) is 5.39. The van der Waals surface area contributed by atoms with Crippen LogP contribution in [-0.4, -0.2) is 39.9 Å². The van der Waals surface area contributed by atoms with Gasteiger partial charge in [-0.2, -0.15) is 0 Å². The van der Waals surface area contributed by atoms with Crippen molar-refractivity contribution in [3.63, 3.8) is 0 Å². The highest BCUT2D eigenvalue weighted by Crippen LogP contribution is 2.20. The zero-order valence-electron chi connectivity index (χ0n) is 17.4. The number of esters is 1. The van der Waals surface area contributed by atoms with Crippen molar-refractivity contribution in [1.82, 2.24) is 9.97 Å². The molecule has 1 aromatic heterocycles. The van der Waals surface area contributed by atoms with Gasteiger partial charge in [0.1, 0.15) is 0 Å². The van der Waals surface area contributed by atoms with Crippen LogP contribution < -0.4 is 9.44 Å². The quantitative estimate of drug-likeness (QED) is 0.495. The Morgan fingerprint density at radius 3 is 1.75 bits per heavy atom. The summed E-state index contributed by atoms with van der Waals surface area (Å²) >= 11 is 0. The Morgan fingerprint density at radius 2 is 1.25 bits per heavy atom. The maximum atomic E-state index is 12.6. The van der Waals surface area contributed by atoms with Crippen LogP contribution in [0, 0.1) is 13.8 Å². The molecule has 0 unspecified atom stereocenters. The zero-order valence-corrected chi connectivity index (χ0v) is 19.0. The van der Waals surface area contributed by atoms with E-state index in [1.807, 2.05) is 0 Å². The van der Waals surface area contributed by atoms with E-state index in [1.165, 1.54) is 55.6 Å². The minimum Gasteiger partial charge on any atom is -0.465 e. The molecule has 32 heavy (non-hydrogen) atoms. The van der Waals surface area contributed by atoms with Crippen molar-refractivity contribution < 1.29 is 26.4 Å². The lowest BCUT2D eigenvalue weighted by Crippen LogP contribution is -2.16. The van der Waals surface area contributed by atoms with E-state index < -0.39 is 26.0 Å². The molecule has 0 saturated carbocycles. The molecule has 168 valence electrons. The van der Waals surface area contributed by atoms with Crippen molar-refractivity contribution in [3.05, 3.63) is 71.5 Å². The third-order valence-electron chi connectivity index (χ3n) is 4.21. The Kier molecular flexibility index (Phi) is 6.46. The number of nitrogens with one attached hydrogen (secondary N) is 2. The summed E-state index contributed by atoms with van der Waals surface area (Å²) in [5.74, 6) is -0.638. The first-order valence-electron chi connectivity index (χ1n) is 9.16. The van der Waals surface area contributed by atoms with Gasteiger partial charge in [0.25, 0.3) is 20.0 Å². The summed E-state index contributed by atoms with van der Waals surface area (Å²) in [6.45, 7) is 3.44. The summed E-state index contributed by atoms with van der Waals surface area (Å²) in [6, 6.07) is 12.0. The van der Waals surface area contributed by atoms with E-state index in [0.717, 1.165) is 0 Å². The first-order valence-corrected chi connectivity index (χ1v) is 12.1. The minimum atomic E-state index is -3.97. The highest BCUT2D eigenvalue weighted by molar-refractivity contribution is 7.93. The number of nitrogens with zero attached hydrogens (tertiary/aromatic N) is 2. The van der Waals surface area contributed by atoms with E-state index in [4.69, 9.17) is 0 Å². The number of benzene rings is 2. The van der Waals surface area contributed by atoms with Gasteiger partial charge in [0, 0.05) is 17.1 Å². The topological polar surface area (TPSA) is 144 Å². The second-order valence-electron chi connectivity index (χ2n) is 6.73. The average Bonchev–Trinajstić information content (AvgIpc) is 2.72. The SMILES string of the molecule is COC(=O)c1ccc(S(=O)(=O)Nc2ccc(S(=O)(=O)Nc3nc(C)cc(C)n3)cc2)cc1. The summed E-state index contributed by atoms with van der Waals surface area (Å²) < 4.78 is 59.5. The van der Waals surface area contributed by atoms with E-state index in [0.29, 0.717) is 11.4 Å². The highest BCUT2D eigenvalue weighted by atomic mass is 32.2. The number of hydrogen-bond acceptors (Lipinski definition) is 8. The monoisotopic (exact) mass is 476 g/mol. The van der Waals surface area contributed by atoms with Crippen LogP contribution in [0.15, 0.2) is 64.4 Å². The van der Waals surface area contributed by atoms with Crippen molar-refractivity contribution in [2.45, 2.75) is 23.6 Å². The normalized spacial score (nSPS) is 11.6. The van der Waals surface area contributed by atoms with Crippen LogP contribution in [0.4, 0.5) is 11.6 Å². The number of ether oxygens (including phenoxy) is 1. The lowest BCUT2D eigenvalue weighted by molar-refractivity contribution is 0.0600. The van der Waals surface area contributed by atoms with Crippen LogP contribution in [0.1, 0.15) is 21.7 Å². The molecule has 0 fully saturated rings. The van der Waals surface area contributed by atoms with E-state index in [9.17, 15) is 21.6 Å². The first kappa shape index (κ1) is 23.2. The lowest BCUT2D eigenvalue weighted by Gasteiger charge is -2.11. The van der Waals surface area contributed by atoms with Crippen molar-refractivity contribution in [2.24, 2.45) is 0 Å². The molecular weight excluding hydrogens is 456 g/mol. The van der Waals surface area contributed by atoms with Crippen LogP contribution in [0.3, 0.4) is 0 Å². The molecule has 0 amide bonds. The average molecular weight is 477 g/mol. The summed E-state index contributed by atoms with van der Waals surface area (Å²) in [7, 11) is -6.70. The molecule has 0 spiro atoms. The first-order chi connectivity index (χ1) is 15.0. The zero-order chi connectivity index (χ0) is 23.5. The molecular formula is C20H20N4O6S2. The summed E-state index contributed by atoms with van der Waals surface area (Å²) in [5.41, 5.74) is 1.59. The Balaban J connectivity index is 1.76. The van der Waals surface area contributed by atoms with Gasteiger partial charge in [-0.3, -0.25) is 4.72 Å². The van der Waals surface area contributed by atoms with Gasteiger partial charge in [0.15, 0.2) is 0 Å². The van der Waals surface area contributed by atoms with Crippen LogP contribution in [-0.2, 0) is 24.8 Å². The van der Waals surface area contributed by atoms with E-state index in [-0.39, 0.29) is 27.0 Å². The standard InChI is InChI=1S/C20H20N4O6S2/c1-13-12-14(2)22-20(21-13)24-32(28,29)18-10-6-16(7-11-18)23-31(26,27)17-8-4-15(5-9-17)19(25)30-3/h4-12,23H,1-3H3,(H,21,22,24). The number of hydrogen-bond donors (Lipinski definition) is 2. The van der Waals surface area contributed by atoms with Crippen LogP contribution in [0.5, 0.6) is 0 Å². The van der Waals surface area contributed by atoms with Gasteiger partial charge in [-0.15, -0.1) is 0 Å². The molecule has 0 aliphatic rings. The Bertz CT molecular complexity index is 1330. The van der Waals surface area contributed by atoms with E-state index in [1.54, 1.807) is 19.9 Å². The Morgan fingerprint density at radius 1 is 0.781 bits per heavy atom. The molecule has 0 aliphatic heterocycles. The van der Waals surface area contributed by atoms with Crippen molar-refractivity contribution in [2.75, 3.05) is 16.6 Å². The molecule has 12 heteroatoms. The maximum absolute atomic E-state index is 12.6. The van der Waals surface area contributed by atoms with Gasteiger partial charge in [0.2, 0.25) is 5.95 Å². The third-order valence-corrected chi connectivity index (χ3v) is 6.95. The number of rotatable bonds is 7. The van der Waals surface area contributed by atoms with Crippen LogP contribution in [0.25, 0.3) is 0 Å². The second kappa shape index (κ2) is 8.93. The lowest BCUT2D eigenvalue weighted by atomic mass is 10.2. The number of methoxy groups -OCH3 is 1. The fraction of sp³-hybridized carbons (Fsp3) is 0.150. The van der Waals surface area contributed by atoms with E-state index in [2.05, 4.69) is 24.1 Å². The van der Waals surface area contributed by atoms with Gasteiger partial charge in [-0.05, 0) is 68.4 Å². The minimum absolute atomic E-state index is 0.0531. The fourth-order valence-corrected chi connectivity index (χ4v) is 4.76. The molecule has 2 aromatic carbocycles. The van der Waals surface area contributed by atoms with E-state index >= 15 is 0 Å². The molecule has 2 N–H and O–H groups in total. The summed E-state index contributed by atoms with van der Waals surface area (Å²) in [4.78, 5) is 19.4. The maximum Gasteiger partial charge on any atom is 0.337 e. The smallest absolute Gasteiger partial charge is 0.337 e. The number of aryl methyl sites for hydroxylation is 2. The molecule has 0 aliphatic carbocycles. The van der Waals surface area contributed by atoms with Crippen molar-refractivity contribution >= 4 is 37.7 Å². The predicted molar refractivity (Wildman–Crippen MR) is 117 cm³/mol. The molecule has 10 nitrogen and oxygen atoms in total. The number of carbonyl (C=O) groups excluding carboxylic acids is 1. The molecule has 3 rings (SSSR count). The van der Waals surface area contributed by atoms with Crippen molar-refractivity contribution in [3.8, 4) is 0 Å². The molecule has 1 heterocycles. The van der Waals surface area contributed by atoms with Crippen molar-refractivity contribution in [1.29, 1.82) is 0 Å². The molecule has 0 atom stereocenters. The Labute approximate surface area is 185 Å². The Hall–Kier alpha value is -3.51. The largest absolute Gasteiger partial charge is 0.465 e. The molecule has 0 bridgehead atoms. The molecule has 0 saturated heterocycles. The van der Waals surface area contributed by atoms with Gasteiger partial charge >= 0.3 is 5.97 Å². The number of carbonyl (C=O) groups is 1. The predicted octanol–water partition coefficient (Wildman–Crippen LogP) is 2.48. The van der Waals surface area contributed by atoms with Crippen LogP contribution in [0.2, 0.25) is 0 Å². The summed E-state index contributed by atoms with van der Waals surface area (Å²) in [6.07, 6.45) is 0. The van der Waals surface area contributed by atoms with Gasteiger partial charge < -0.3 is 4.74 Å². The molecule has 3 aromatic rings. The number of aromatic nitrogens is 2. The van der Waals surface area contributed by atoms with Gasteiger partial charge in [0.05, 0.1) is 22.5 Å². The number of sulfonamides is 2.